The van der Waals surface area contributed by atoms with Crippen LogP contribution in [0.4, 0.5) is 4.39 Å². The standard InChI is InChI=1S/C15H21FN2/c1-3-9-18-10-12(4-2)15(17,11-18)13-7-5-6-8-14(13)16/h3,5-8,12H,1,4,9-11,17H2,2H3. The van der Waals surface area contributed by atoms with Gasteiger partial charge in [-0.25, -0.2) is 4.39 Å². The Balaban J connectivity index is 2.34. The summed E-state index contributed by atoms with van der Waals surface area (Å²) >= 11 is 0. The summed E-state index contributed by atoms with van der Waals surface area (Å²) in [5, 5.41) is 0. The molecule has 1 aromatic rings. The van der Waals surface area contributed by atoms with E-state index in [2.05, 4.69) is 18.4 Å². The first-order chi connectivity index (χ1) is 8.61. The lowest BCUT2D eigenvalue weighted by Gasteiger charge is -2.31. The predicted molar refractivity (Wildman–Crippen MR) is 72.7 cm³/mol. The van der Waals surface area contributed by atoms with Crippen LogP contribution in [0.15, 0.2) is 36.9 Å². The quantitative estimate of drug-likeness (QED) is 0.830. The summed E-state index contributed by atoms with van der Waals surface area (Å²) in [5.74, 6) is 0.0910. The molecular weight excluding hydrogens is 227 g/mol. The predicted octanol–water partition coefficient (Wildman–Crippen LogP) is 2.51. The Morgan fingerprint density at radius 3 is 2.89 bits per heavy atom. The number of nitrogens with zero attached hydrogens (tertiary/aromatic N) is 1. The Morgan fingerprint density at radius 2 is 2.28 bits per heavy atom. The number of benzene rings is 1. The van der Waals surface area contributed by atoms with Crippen molar-refractivity contribution in [3.05, 3.63) is 48.3 Å². The van der Waals surface area contributed by atoms with Crippen LogP contribution in [0.3, 0.4) is 0 Å². The third-order valence-corrected chi connectivity index (χ3v) is 3.95. The third kappa shape index (κ3) is 2.20. The van der Waals surface area contributed by atoms with Crippen LogP contribution < -0.4 is 5.73 Å². The van der Waals surface area contributed by atoms with E-state index >= 15 is 0 Å². The maximum absolute atomic E-state index is 14.0. The second-order valence-electron chi connectivity index (χ2n) is 5.11. The topological polar surface area (TPSA) is 29.3 Å². The summed E-state index contributed by atoms with van der Waals surface area (Å²) in [7, 11) is 0. The molecule has 1 heterocycles. The van der Waals surface area contributed by atoms with E-state index in [-0.39, 0.29) is 11.7 Å². The number of likely N-dealkylation sites (tertiary alicyclic amines) is 1. The molecule has 18 heavy (non-hydrogen) atoms. The van der Waals surface area contributed by atoms with E-state index in [0.717, 1.165) is 19.5 Å². The van der Waals surface area contributed by atoms with E-state index in [1.54, 1.807) is 6.07 Å². The maximum atomic E-state index is 14.0. The fraction of sp³-hybridized carbons (Fsp3) is 0.467. The average molecular weight is 248 g/mol. The van der Waals surface area contributed by atoms with E-state index in [9.17, 15) is 4.39 Å². The summed E-state index contributed by atoms with van der Waals surface area (Å²) in [4.78, 5) is 2.24. The summed E-state index contributed by atoms with van der Waals surface area (Å²) in [5.41, 5.74) is 6.60. The van der Waals surface area contributed by atoms with Crippen LogP contribution in [0.25, 0.3) is 0 Å². The second-order valence-corrected chi connectivity index (χ2v) is 5.11. The van der Waals surface area contributed by atoms with Gasteiger partial charge in [0.05, 0.1) is 5.54 Å². The van der Waals surface area contributed by atoms with Gasteiger partial charge in [0.25, 0.3) is 0 Å². The molecule has 0 spiro atoms. The molecular formula is C15H21FN2. The van der Waals surface area contributed by atoms with E-state index in [0.29, 0.717) is 12.1 Å². The van der Waals surface area contributed by atoms with Gasteiger partial charge in [-0.2, -0.15) is 0 Å². The first-order valence-corrected chi connectivity index (χ1v) is 6.49. The fourth-order valence-corrected chi connectivity index (χ4v) is 3.00. The van der Waals surface area contributed by atoms with Crippen LogP contribution in [0.5, 0.6) is 0 Å². The van der Waals surface area contributed by atoms with Crippen molar-refractivity contribution in [1.82, 2.24) is 4.90 Å². The molecule has 2 rings (SSSR count). The first-order valence-electron chi connectivity index (χ1n) is 6.49. The molecule has 1 aliphatic heterocycles. The molecule has 2 N–H and O–H groups in total. The summed E-state index contributed by atoms with van der Waals surface area (Å²) in [6, 6.07) is 6.87. The second kappa shape index (κ2) is 5.21. The van der Waals surface area contributed by atoms with Gasteiger partial charge in [-0.3, -0.25) is 4.90 Å². The Kier molecular flexibility index (Phi) is 3.83. The van der Waals surface area contributed by atoms with Gasteiger partial charge in [0.2, 0.25) is 0 Å². The third-order valence-electron chi connectivity index (χ3n) is 3.95. The SMILES string of the molecule is C=CCN1CC(CC)C(N)(c2ccccc2F)C1. The van der Waals surface area contributed by atoms with Crippen molar-refractivity contribution >= 4 is 0 Å². The van der Waals surface area contributed by atoms with Gasteiger partial charge in [0.15, 0.2) is 0 Å². The molecule has 2 atom stereocenters. The highest BCUT2D eigenvalue weighted by Crippen LogP contribution is 2.37. The molecule has 1 aromatic carbocycles. The van der Waals surface area contributed by atoms with Crippen molar-refractivity contribution in [2.45, 2.75) is 18.9 Å². The molecule has 98 valence electrons. The molecule has 1 fully saturated rings. The van der Waals surface area contributed by atoms with Crippen molar-refractivity contribution < 1.29 is 4.39 Å². The van der Waals surface area contributed by atoms with E-state index in [4.69, 9.17) is 5.73 Å². The minimum atomic E-state index is -0.580. The molecule has 0 saturated carbocycles. The molecule has 0 bridgehead atoms. The number of nitrogens with two attached hydrogens (primary N) is 1. The van der Waals surface area contributed by atoms with Crippen molar-refractivity contribution in [3.8, 4) is 0 Å². The van der Waals surface area contributed by atoms with Gasteiger partial charge in [-0.05, 0) is 18.4 Å². The molecule has 2 nitrogen and oxygen atoms in total. The number of hydrogen-bond acceptors (Lipinski definition) is 2. The molecule has 3 heteroatoms. The highest BCUT2D eigenvalue weighted by atomic mass is 19.1. The number of hydrogen-bond donors (Lipinski definition) is 1. The first kappa shape index (κ1) is 13.2. The fourth-order valence-electron chi connectivity index (χ4n) is 3.00. The van der Waals surface area contributed by atoms with Crippen molar-refractivity contribution in [3.63, 3.8) is 0 Å². The monoisotopic (exact) mass is 248 g/mol. The van der Waals surface area contributed by atoms with Gasteiger partial charge in [0.1, 0.15) is 5.82 Å². The maximum Gasteiger partial charge on any atom is 0.128 e. The normalized spacial score (nSPS) is 28.5. The number of rotatable bonds is 4. The van der Waals surface area contributed by atoms with Crippen molar-refractivity contribution in [1.29, 1.82) is 0 Å². The molecule has 1 aliphatic rings. The lowest BCUT2D eigenvalue weighted by Crippen LogP contribution is -2.45. The van der Waals surface area contributed by atoms with Crippen LogP contribution in [-0.2, 0) is 5.54 Å². The van der Waals surface area contributed by atoms with Gasteiger partial charge < -0.3 is 5.73 Å². The van der Waals surface area contributed by atoms with Gasteiger partial charge in [-0.15, -0.1) is 6.58 Å². The van der Waals surface area contributed by atoms with Crippen LogP contribution in [0.1, 0.15) is 18.9 Å². The lowest BCUT2D eigenvalue weighted by molar-refractivity contribution is 0.324. The van der Waals surface area contributed by atoms with Crippen LogP contribution >= 0.6 is 0 Å². The number of halogens is 1. The Morgan fingerprint density at radius 1 is 1.56 bits per heavy atom. The van der Waals surface area contributed by atoms with Crippen LogP contribution in [0.2, 0.25) is 0 Å². The van der Waals surface area contributed by atoms with Gasteiger partial charge in [-0.1, -0.05) is 31.2 Å². The van der Waals surface area contributed by atoms with Crippen molar-refractivity contribution in [2.24, 2.45) is 11.7 Å². The Bertz CT molecular complexity index is 432. The minimum Gasteiger partial charge on any atom is -0.320 e. The highest BCUT2D eigenvalue weighted by Gasteiger charge is 2.44. The molecule has 2 unspecified atom stereocenters. The van der Waals surface area contributed by atoms with Gasteiger partial charge in [0, 0.05) is 25.2 Å². The average Bonchev–Trinajstić information content (AvgIpc) is 2.67. The summed E-state index contributed by atoms with van der Waals surface area (Å²) < 4.78 is 14.0. The van der Waals surface area contributed by atoms with Gasteiger partial charge >= 0.3 is 0 Å². The van der Waals surface area contributed by atoms with E-state index < -0.39 is 5.54 Å². The zero-order valence-corrected chi connectivity index (χ0v) is 10.9. The lowest BCUT2D eigenvalue weighted by atomic mass is 9.80. The molecule has 0 aromatic heterocycles. The Labute approximate surface area is 108 Å². The summed E-state index contributed by atoms with van der Waals surface area (Å²) in [6.07, 6.45) is 2.83. The largest absolute Gasteiger partial charge is 0.320 e. The Hall–Kier alpha value is -1.19. The smallest absolute Gasteiger partial charge is 0.128 e. The molecule has 0 aliphatic carbocycles. The summed E-state index contributed by atoms with van der Waals surface area (Å²) in [6.45, 7) is 8.28. The minimum absolute atomic E-state index is 0.195. The van der Waals surface area contributed by atoms with Crippen LogP contribution in [0, 0.1) is 11.7 Å². The zero-order valence-electron chi connectivity index (χ0n) is 10.9. The highest BCUT2D eigenvalue weighted by molar-refractivity contribution is 5.29. The van der Waals surface area contributed by atoms with Crippen molar-refractivity contribution in [2.75, 3.05) is 19.6 Å². The molecule has 0 amide bonds. The zero-order chi connectivity index (χ0) is 13.2. The van der Waals surface area contributed by atoms with Crippen LogP contribution in [-0.4, -0.2) is 24.5 Å². The molecule has 0 radical (unpaired) electrons. The van der Waals surface area contributed by atoms with E-state index in [1.807, 2.05) is 18.2 Å². The molecule has 1 saturated heterocycles. The van der Waals surface area contributed by atoms with E-state index in [1.165, 1.54) is 6.07 Å².